The molecule has 1 aromatic heterocycles. The van der Waals surface area contributed by atoms with Gasteiger partial charge in [-0.3, -0.25) is 14.6 Å². The third kappa shape index (κ3) is 5.54. The third-order valence-corrected chi connectivity index (χ3v) is 8.31. The molecule has 0 saturated carbocycles. The molecule has 0 bridgehead atoms. The Morgan fingerprint density at radius 3 is 2.43 bits per heavy atom. The quantitative estimate of drug-likeness (QED) is 0.483. The number of likely N-dealkylation sites (tertiary alicyclic amines) is 1. The van der Waals surface area contributed by atoms with Crippen molar-refractivity contribution in [2.45, 2.75) is 49.8 Å². The van der Waals surface area contributed by atoms with E-state index in [2.05, 4.69) is 10.3 Å². The van der Waals surface area contributed by atoms with Crippen molar-refractivity contribution < 1.29 is 45.8 Å². The van der Waals surface area contributed by atoms with Crippen LogP contribution in [0.25, 0.3) is 0 Å². The standard InChI is InChI=1S/C28H33F5N4O5/c1-14-21(16-7-8-17(29)22(30)23(16)41-6)24(42-27(14,2)28(31,32)33)25(38)35-15-9-10-34-18(11-15)26(39)37-12-19(36(3)4)20(13-37)40-5/h7-11,14,19-21,24H,12-13H2,1-6H3,(H,34,35,38)/t14-,19?,20-,21-,24+,27+/m0/s1. The Morgan fingerprint density at radius 1 is 1.17 bits per heavy atom. The van der Waals surface area contributed by atoms with Gasteiger partial charge < -0.3 is 29.3 Å². The lowest BCUT2D eigenvalue weighted by Gasteiger charge is -2.32. The Bertz CT molecular complexity index is 1340. The van der Waals surface area contributed by atoms with Crippen LogP contribution in [0.1, 0.15) is 35.8 Å². The molecule has 9 nitrogen and oxygen atoms in total. The van der Waals surface area contributed by atoms with Crippen molar-refractivity contribution in [1.82, 2.24) is 14.8 Å². The van der Waals surface area contributed by atoms with Crippen molar-refractivity contribution in [2.24, 2.45) is 5.92 Å². The van der Waals surface area contributed by atoms with Gasteiger partial charge in [-0.25, -0.2) is 4.39 Å². The molecule has 0 aliphatic carbocycles. The van der Waals surface area contributed by atoms with Gasteiger partial charge in [-0.1, -0.05) is 13.0 Å². The molecule has 2 aromatic rings. The first kappa shape index (κ1) is 31.6. The number of hydrogen-bond acceptors (Lipinski definition) is 7. The first-order valence-corrected chi connectivity index (χ1v) is 13.2. The summed E-state index contributed by atoms with van der Waals surface area (Å²) < 4.78 is 87.1. The normalized spacial score (nSPS) is 27.9. The number of likely N-dealkylation sites (N-methyl/N-ethyl adjacent to an activating group) is 1. The molecule has 1 aromatic carbocycles. The van der Waals surface area contributed by atoms with Gasteiger partial charge in [-0.05, 0) is 39.2 Å². The number of aromatic nitrogens is 1. The van der Waals surface area contributed by atoms with Crippen molar-refractivity contribution in [3.05, 3.63) is 53.4 Å². The van der Waals surface area contributed by atoms with E-state index in [0.29, 0.717) is 13.1 Å². The molecule has 42 heavy (non-hydrogen) atoms. The third-order valence-electron chi connectivity index (χ3n) is 8.31. The van der Waals surface area contributed by atoms with E-state index in [9.17, 15) is 31.5 Å². The van der Waals surface area contributed by atoms with Gasteiger partial charge in [0, 0.05) is 49.5 Å². The Hall–Kier alpha value is -3.36. The molecule has 2 aliphatic heterocycles. The minimum Gasteiger partial charge on any atom is -0.493 e. The maximum Gasteiger partial charge on any atom is 0.417 e. The van der Waals surface area contributed by atoms with Crippen LogP contribution in [0.2, 0.25) is 0 Å². The Morgan fingerprint density at radius 2 is 1.86 bits per heavy atom. The zero-order valence-corrected chi connectivity index (χ0v) is 24.0. The van der Waals surface area contributed by atoms with Crippen LogP contribution >= 0.6 is 0 Å². The Labute approximate surface area is 239 Å². The number of halogens is 5. The highest BCUT2D eigenvalue weighted by Crippen LogP contribution is 2.55. The van der Waals surface area contributed by atoms with Crippen LogP contribution in [-0.2, 0) is 14.3 Å². The fraction of sp³-hybridized carbons (Fsp3) is 0.536. The van der Waals surface area contributed by atoms with Crippen LogP contribution in [-0.4, -0.2) is 98.0 Å². The molecular weight excluding hydrogens is 567 g/mol. The highest BCUT2D eigenvalue weighted by atomic mass is 19.4. The Kier molecular flexibility index (Phi) is 8.82. The van der Waals surface area contributed by atoms with Gasteiger partial charge in [0.1, 0.15) is 11.8 Å². The summed E-state index contributed by atoms with van der Waals surface area (Å²) in [5.74, 6) is -7.46. The number of nitrogens with zero attached hydrogens (tertiary/aromatic N) is 3. The number of ether oxygens (including phenoxy) is 3. The summed E-state index contributed by atoms with van der Waals surface area (Å²) in [4.78, 5) is 34.3. The number of carbonyl (C=O) groups is 2. The summed E-state index contributed by atoms with van der Waals surface area (Å²) in [6.45, 7) is 2.72. The monoisotopic (exact) mass is 600 g/mol. The number of alkyl halides is 3. The summed E-state index contributed by atoms with van der Waals surface area (Å²) in [6.07, 6.45) is -5.62. The van der Waals surface area contributed by atoms with E-state index in [-0.39, 0.29) is 29.1 Å². The fourth-order valence-corrected chi connectivity index (χ4v) is 5.69. The second-order valence-electron chi connectivity index (χ2n) is 10.9. The van der Waals surface area contributed by atoms with Crippen LogP contribution in [0, 0.1) is 17.6 Å². The van der Waals surface area contributed by atoms with Crippen LogP contribution in [0.4, 0.5) is 27.6 Å². The number of benzene rings is 1. The van der Waals surface area contributed by atoms with E-state index < -0.39 is 58.9 Å². The lowest BCUT2D eigenvalue weighted by molar-refractivity contribution is -0.272. The highest BCUT2D eigenvalue weighted by molar-refractivity contribution is 5.98. The predicted octanol–water partition coefficient (Wildman–Crippen LogP) is 3.85. The van der Waals surface area contributed by atoms with Gasteiger partial charge in [-0.15, -0.1) is 0 Å². The fourth-order valence-electron chi connectivity index (χ4n) is 5.69. The molecule has 230 valence electrons. The molecule has 1 N–H and O–H groups in total. The molecule has 3 heterocycles. The molecule has 0 spiro atoms. The second kappa shape index (κ2) is 11.7. The van der Waals surface area contributed by atoms with Crippen LogP contribution in [0.3, 0.4) is 0 Å². The lowest BCUT2D eigenvalue weighted by atomic mass is 9.77. The summed E-state index contributed by atoms with van der Waals surface area (Å²) in [5.41, 5.74) is -2.87. The number of rotatable bonds is 7. The number of nitrogens with one attached hydrogen (secondary N) is 1. The zero-order valence-electron chi connectivity index (χ0n) is 24.0. The average molecular weight is 601 g/mol. The topological polar surface area (TPSA) is 93.2 Å². The number of methoxy groups -OCH3 is 2. The number of anilines is 1. The number of pyridine rings is 1. The maximum absolute atomic E-state index is 14.6. The van der Waals surface area contributed by atoms with Crippen molar-refractivity contribution >= 4 is 17.5 Å². The molecule has 2 amide bonds. The van der Waals surface area contributed by atoms with Crippen molar-refractivity contribution in [3.63, 3.8) is 0 Å². The van der Waals surface area contributed by atoms with Crippen molar-refractivity contribution in [3.8, 4) is 5.75 Å². The molecule has 14 heteroatoms. The first-order valence-electron chi connectivity index (χ1n) is 13.2. The van der Waals surface area contributed by atoms with Crippen molar-refractivity contribution in [1.29, 1.82) is 0 Å². The second-order valence-corrected chi connectivity index (χ2v) is 10.9. The number of carbonyl (C=O) groups excluding carboxylic acids is 2. The van der Waals surface area contributed by atoms with Crippen LogP contribution in [0.15, 0.2) is 30.5 Å². The number of hydrogen-bond donors (Lipinski definition) is 1. The van der Waals surface area contributed by atoms with Gasteiger partial charge in [0.05, 0.1) is 19.3 Å². The van der Waals surface area contributed by atoms with Gasteiger partial charge in [-0.2, -0.15) is 17.6 Å². The summed E-state index contributed by atoms with van der Waals surface area (Å²) in [5, 5.41) is 2.51. The number of amides is 2. The van der Waals surface area contributed by atoms with E-state index in [0.717, 1.165) is 26.2 Å². The summed E-state index contributed by atoms with van der Waals surface area (Å²) >= 11 is 0. The molecular formula is C28H33F5N4O5. The maximum atomic E-state index is 14.6. The molecule has 0 radical (unpaired) electrons. The molecule has 2 saturated heterocycles. The largest absolute Gasteiger partial charge is 0.493 e. The predicted molar refractivity (Wildman–Crippen MR) is 141 cm³/mol. The van der Waals surface area contributed by atoms with Crippen LogP contribution < -0.4 is 10.1 Å². The molecule has 2 aliphatic rings. The summed E-state index contributed by atoms with van der Waals surface area (Å²) in [7, 11) is 6.35. The minimum atomic E-state index is -4.90. The minimum absolute atomic E-state index is 0.00159. The van der Waals surface area contributed by atoms with Crippen LogP contribution in [0.5, 0.6) is 5.75 Å². The van der Waals surface area contributed by atoms with Crippen molar-refractivity contribution in [2.75, 3.05) is 46.7 Å². The summed E-state index contributed by atoms with van der Waals surface area (Å²) in [6, 6.07) is 4.47. The van der Waals surface area contributed by atoms with Gasteiger partial charge in [0.2, 0.25) is 5.82 Å². The van der Waals surface area contributed by atoms with Gasteiger partial charge >= 0.3 is 6.18 Å². The molecule has 4 rings (SSSR count). The molecule has 2 fully saturated rings. The lowest BCUT2D eigenvalue weighted by Crippen LogP contribution is -2.47. The first-order chi connectivity index (χ1) is 19.6. The van der Waals surface area contributed by atoms with E-state index in [1.54, 1.807) is 12.0 Å². The Balaban J connectivity index is 1.63. The van der Waals surface area contributed by atoms with Gasteiger partial charge in [0.25, 0.3) is 11.8 Å². The van der Waals surface area contributed by atoms with E-state index in [1.807, 2.05) is 19.0 Å². The molecule has 1 unspecified atom stereocenters. The van der Waals surface area contributed by atoms with E-state index >= 15 is 0 Å². The molecule has 6 atom stereocenters. The zero-order chi connectivity index (χ0) is 31.1. The SMILES string of the molecule is COc1c([C@H]2[C@H](C(=O)Nc3ccnc(C(=O)N4CC(N(C)C)[C@@H](OC)C4)c3)O[C@@](C)(C(F)(F)F)[C@H]2C)ccc(F)c1F. The smallest absolute Gasteiger partial charge is 0.417 e. The van der Waals surface area contributed by atoms with E-state index in [4.69, 9.17) is 14.2 Å². The highest BCUT2D eigenvalue weighted by Gasteiger charge is 2.66. The van der Waals surface area contributed by atoms with E-state index in [1.165, 1.54) is 25.3 Å². The van der Waals surface area contributed by atoms with Gasteiger partial charge in [0.15, 0.2) is 17.2 Å². The average Bonchev–Trinajstić information content (AvgIpc) is 3.49.